The second-order valence-electron chi connectivity index (χ2n) is 12.6. The zero-order valence-electron chi connectivity index (χ0n) is 29.2. The van der Waals surface area contributed by atoms with E-state index in [2.05, 4.69) is 17.0 Å². The second kappa shape index (κ2) is 17.7. The van der Waals surface area contributed by atoms with Gasteiger partial charge in [0.1, 0.15) is 52.0 Å². The van der Waals surface area contributed by atoms with E-state index in [0.717, 1.165) is 42.2 Å². The first-order chi connectivity index (χ1) is 25.1. The van der Waals surface area contributed by atoms with Gasteiger partial charge in [-0.1, -0.05) is 67.9 Å². The quantitative estimate of drug-likeness (QED) is 0.117. The Balaban J connectivity index is 1.39. The molecule has 14 heteroatoms. The normalized spacial score (nSPS) is 14.2. The molecule has 1 amide bonds. The molecule has 11 nitrogen and oxygen atoms in total. The number of hydrogen-bond acceptors (Lipinski definition) is 11. The van der Waals surface area contributed by atoms with Crippen LogP contribution in [-0.4, -0.2) is 70.2 Å². The van der Waals surface area contributed by atoms with Crippen molar-refractivity contribution in [3.8, 4) is 39.6 Å². The summed E-state index contributed by atoms with van der Waals surface area (Å²) in [4.78, 5) is 38.0. The van der Waals surface area contributed by atoms with E-state index in [4.69, 9.17) is 32.0 Å². The number of carboxylic acids is 1. The Hall–Kier alpha value is -4.66. The molecule has 0 aliphatic carbocycles. The molecule has 3 N–H and O–H groups in total. The van der Waals surface area contributed by atoms with Gasteiger partial charge in [-0.3, -0.25) is 4.79 Å². The smallest absolute Gasteiger partial charge is 0.326 e. The molecule has 3 heterocycles. The maximum absolute atomic E-state index is 13.1. The average molecular weight is 758 g/mol. The van der Waals surface area contributed by atoms with E-state index in [-0.39, 0.29) is 19.1 Å². The lowest BCUT2D eigenvalue weighted by Gasteiger charge is -2.30. The number of ether oxygens (including phenoxy) is 1. The minimum atomic E-state index is -1.13. The number of amides is 1. The predicted octanol–water partition coefficient (Wildman–Crippen LogP) is 7.22. The number of benzene rings is 2. The van der Waals surface area contributed by atoms with Crippen molar-refractivity contribution >= 4 is 52.4 Å². The van der Waals surface area contributed by atoms with Crippen LogP contribution in [0.5, 0.6) is 5.75 Å². The van der Waals surface area contributed by atoms with Gasteiger partial charge in [0.2, 0.25) is 5.91 Å². The highest BCUT2D eigenvalue weighted by molar-refractivity contribution is 7.98. The molecule has 5 rings (SSSR count). The molecule has 1 saturated heterocycles. The van der Waals surface area contributed by atoms with E-state index in [9.17, 15) is 25.2 Å². The molecule has 2 aromatic carbocycles. The van der Waals surface area contributed by atoms with Crippen LogP contribution in [0.2, 0.25) is 5.02 Å². The van der Waals surface area contributed by atoms with Crippen molar-refractivity contribution in [3.63, 3.8) is 0 Å². The number of nitriles is 2. The molecule has 0 saturated carbocycles. The molecule has 1 aliphatic rings. The fourth-order valence-electron chi connectivity index (χ4n) is 5.85. The number of pyridine rings is 1. The lowest BCUT2D eigenvalue weighted by Crippen LogP contribution is -2.53. The predicted molar refractivity (Wildman–Crippen MR) is 204 cm³/mol. The van der Waals surface area contributed by atoms with Crippen molar-refractivity contribution in [3.05, 3.63) is 75.8 Å². The third kappa shape index (κ3) is 8.85. The zero-order chi connectivity index (χ0) is 37.4. The van der Waals surface area contributed by atoms with Gasteiger partial charge in [-0.2, -0.15) is 10.5 Å². The van der Waals surface area contributed by atoms with Crippen molar-refractivity contribution in [1.29, 1.82) is 10.5 Å². The summed E-state index contributed by atoms with van der Waals surface area (Å²) in [5.74, 6) is -0.164. The van der Waals surface area contributed by atoms with Crippen molar-refractivity contribution in [2.45, 2.75) is 62.9 Å². The SMILES string of the molecule is CC[C@H](C)[C@H](N)C(=O)N(CCOc1ccc(-c2c(C#N)c(SCc3csc(-c4ccc(Cl)cc4)n3)nc(N3CCCC3)c2C#N)cc1)[C@@H](C)C(=O)O. The summed E-state index contributed by atoms with van der Waals surface area (Å²) in [5.41, 5.74) is 9.78. The number of carbonyl (C=O) groups is 2. The van der Waals surface area contributed by atoms with Crippen molar-refractivity contribution < 1.29 is 19.4 Å². The van der Waals surface area contributed by atoms with Gasteiger partial charge in [-0.25, -0.2) is 14.8 Å². The molecule has 4 aromatic rings. The summed E-state index contributed by atoms with van der Waals surface area (Å²) < 4.78 is 5.95. The lowest BCUT2D eigenvalue weighted by molar-refractivity contribution is -0.150. The van der Waals surface area contributed by atoms with E-state index in [1.54, 1.807) is 24.3 Å². The molecule has 0 unspecified atom stereocenters. The first kappa shape index (κ1) is 38.6. The third-order valence-electron chi connectivity index (χ3n) is 9.17. The van der Waals surface area contributed by atoms with Crippen LogP contribution in [0.3, 0.4) is 0 Å². The number of carbonyl (C=O) groups excluding carboxylic acids is 1. The van der Waals surface area contributed by atoms with E-state index in [1.807, 2.05) is 43.5 Å². The number of carboxylic acid groups (broad SMARTS) is 1. The van der Waals surface area contributed by atoms with E-state index >= 15 is 0 Å². The van der Waals surface area contributed by atoms with Crippen molar-refractivity contribution in [2.24, 2.45) is 11.7 Å². The number of nitrogens with zero attached hydrogens (tertiary/aromatic N) is 6. The van der Waals surface area contributed by atoms with Gasteiger partial charge in [-0.05, 0) is 55.5 Å². The van der Waals surface area contributed by atoms with E-state index < -0.39 is 24.0 Å². The van der Waals surface area contributed by atoms with Crippen LogP contribution in [0.1, 0.15) is 56.9 Å². The van der Waals surface area contributed by atoms with Crippen LogP contribution in [0, 0.1) is 28.6 Å². The number of thioether (sulfide) groups is 1. The number of hydrogen-bond donors (Lipinski definition) is 2. The first-order valence-corrected chi connectivity index (χ1v) is 19.3. The summed E-state index contributed by atoms with van der Waals surface area (Å²) in [7, 11) is 0. The Morgan fingerprint density at radius 2 is 1.71 bits per heavy atom. The summed E-state index contributed by atoms with van der Waals surface area (Å²) >= 11 is 9.00. The molecule has 0 radical (unpaired) electrons. The largest absolute Gasteiger partial charge is 0.492 e. The number of thiazole rings is 1. The fraction of sp³-hybridized carbons (Fsp3) is 0.368. The van der Waals surface area contributed by atoms with Gasteiger partial charge in [0.15, 0.2) is 0 Å². The molecule has 0 spiro atoms. The summed E-state index contributed by atoms with van der Waals surface area (Å²) in [6, 6.07) is 17.3. The number of aromatic nitrogens is 2. The molecule has 270 valence electrons. The average Bonchev–Trinajstić information content (AvgIpc) is 3.88. The Bertz CT molecular complexity index is 1970. The minimum Gasteiger partial charge on any atom is -0.492 e. The minimum absolute atomic E-state index is 0.0274. The van der Waals surface area contributed by atoms with Crippen molar-refractivity contribution in [1.82, 2.24) is 14.9 Å². The maximum Gasteiger partial charge on any atom is 0.326 e. The molecule has 2 aromatic heterocycles. The van der Waals surface area contributed by atoms with Gasteiger partial charge < -0.3 is 25.4 Å². The summed E-state index contributed by atoms with van der Waals surface area (Å²) in [5, 5.41) is 34.6. The number of aliphatic carboxylic acids is 1. The standard InChI is InChI=1S/C38H40ClN7O4S2/c1-4-23(2)33(42)37(47)46(24(3)38(48)49)17-18-50-29-13-9-25(10-14-29)32-30(19-40)34(45-15-5-6-16-45)44-36(31(32)20-41)52-22-28-21-51-35(43-28)26-7-11-27(39)12-8-26/h7-14,21,23-24,33H,4-6,15-18,22,42H2,1-3H3,(H,48,49)/t23-,24-,33-/m0/s1. The second-order valence-corrected chi connectivity index (χ2v) is 14.8. The monoisotopic (exact) mass is 757 g/mol. The van der Waals surface area contributed by atoms with Gasteiger partial charge in [0, 0.05) is 40.4 Å². The van der Waals surface area contributed by atoms with E-state index in [1.165, 1.54) is 34.9 Å². The van der Waals surface area contributed by atoms with Crippen LogP contribution < -0.4 is 15.4 Å². The molecule has 1 aliphatic heterocycles. The van der Waals surface area contributed by atoms with Gasteiger partial charge >= 0.3 is 5.97 Å². The molecular weight excluding hydrogens is 718 g/mol. The Labute approximate surface area is 317 Å². The maximum atomic E-state index is 13.1. The van der Waals surface area contributed by atoms with Gasteiger partial charge in [-0.15, -0.1) is 11.3 Å². The lowest BCUT2D eigenvalue weighted by atomic mass is 9.96. The summed E-state index contributed by atoms with van der Waals surface area (Å²) in [6.45, 7) is 6.83. The first-order valence-electron chi connectivity index (χ1n) is 17.0. The zero-order valence-corrected chi connectivity index (χ0v) is 31.6. The van der Waals surface area contributed by atoms with Crippen LogP contribution in [-0.2, 0) is 15.3 Å². The number of halogens is 1. The van der Waals surface area contributed by atoms with Crippen LogP contribution in [0.4, 0.5) is 5.82 Å². The molecule has 52 heavy (non-hydrogen) atoms. The highest BCUT2D eigenvalue weighted by Gasteiger charge is 2.31. The highest BCUT2D eigenvalue weighted by atomic mass is 35.5. The number of anilines is 1. The summed E-state index contributed by atoms with van der Waals surface area (Å²) in [6.07, 6.45) is 2.65. The van der Waals surface area contributed by atoms with Crippen molar-refractivity contribution in [2.75, 3.05) is 31.1 Å². The Morgan fingerprint density at radius 3 is 2.33 bits per heavy atom. The van der Waals surface area contributed by atoms with Crippen LogP contribution >= 0.6 is 34.7 Å². The van der Waals surface area contributed by atoms with Gasteiger partial charge in [0.25, 0.3) is 0 Å². The number of nitrogens with two attached hydrogens (primary N) is 1. The van der Waals surface area contributed by atoms with Crippen LogP contribution in [0.25, 0.3) is 21.7 Å². The molecule has 3 atom stereocenters. The molecule has 1 fully saturated rings. The third-order valence-corrected chi connectivity index (χ3v) is 11.4. The Morgan fingerprint density at radius 1 is 1.06 bits per heavy atom. The molecule has 0 bridgehead atoms. The highest BCUT2D eigenvalue weighted by Crippen LogP contribution is 2.40. The number of rotatable bonds is 15. The topological polar surface area (TPSA) is 169 Å². The van der Waals surface area contributed by atoms with Gasteiger partial charge in [0.05, 0.1) is 23.8 Å². The van der Waals surface area contributed by atoms with E-state index in [0.29, 0.717) is 56.0 Å². The fourth-order valence-corrected chi connectivity index (χ4v) is 7.78. The molecular formula is C38H40ClN7O4S2. The van der Waals surface area contributed by atoms with Crippen LogP contribution in [0.15, 0.2) is 58.9 Å². The Kier molecular flexibility index (Phi) is 13.1.